The van der Waals surface area contributed by atoms with Crippen LogP contribution in [-0.4, -0.2) is 23.5 Å². The van der Waals surface area contributed by atoms with Gasteiger partial charge in [-0.2, -0.15) is 0 Å². The summed E-state index contributed by atoms with van der Waals surface area (Å²) in [4.78, 5) is 2.59. The predicted molar refractivity (Wildman–Crippen MR) is 77.9 cm³/mol. The van der Waals surface area contributed by atoms with Gasteiger partial charge >= 0.3 is 0 Å². The molecule has 1 aromatic rings. The van der Waals surface area contributed by atoms with Gasteiger partial charge in [0.25, 0.3) is 0 Å². The summed E-state index contributed by atoms with van der Waals surface area (Å²) in [6, 6.07) is 9.70. The predicted octanol–water partition coefficient (Wildman–Crippen LogP) is 3.60. The second-order valence-electron chi connectivity index (χ2n) is 5.35. The normalized spacial score (nSPS) is 27.1. The van der Waals surface area contributed by atoms with Crippen molar-refractivity contribution < 1.29 is 0 Å². The number of rotatable bonds is 3. The van der Waals surface area contributed by atoms with Gasteiger partial charge in [0.2, 0.25) is 0 Å². The molecule has 0 saturated carbocycles. The molecule has 0 amide bonds. The van der Waals surface area contributed by atoms with Gasteiger partial charge in [0.05, 0.1) is 0 Å². The van der Waals surface area contributed by atoms with Crippen molar-refractivity contribution in [3.05, 3.63) is 34.9 Å². The lowest BCUT2D eigenvalue weighted by Crippen LogP contribution is -2.46. The lowest BCUT2D eigenvalue weighted by molar-refractivity contribution is 0.0928. The first-order chi connectivity index (χ1) is 8.61. The number of likely N-dealkylation sites (tertiary alicyclic amines) is 1. The highest BCUT2D eigenvalue weighted by molar-refractivity contribution is 6.30. The Labute approximate surface area is 115 Å². The second kappa shape index (κ2) is 6.05. The first-order valence-corrected chi connectivity index (χ1v) is 7.26. The maximum Gasteiger partial charge on any atom is 0.0406 e. The smallest absolute Gasteiger partial charge is 0.0406 e. The maximum atomic E-state index is 6.04. The van der Waals surface area contributed by atoms with E-state index >= 15 is 0 Å². The van der Waals surface area contributed by atoms with E-state index in [2.05, 4.69) is 30.9 Å². The molecular formula is C15H23ClN2. The molecule has 0 radical (unpaired) electrons. The van der Waals surface area contributed by atoms with Crippen LogP contribution in [0.15, 0.2) is 24.3 Å². The lowest BCUT2D eigenvalue weighted by Gasteiger charge is -2.41. The topological polar surface area (TPSA) is 29.3 Å². The van der Waals surface area contributed by atoms with Gasteiger partial charge in [-0.05, 0) is 43.9 Å². The summed E-state index contributed by atoms with van der Waals surface area (Å²) in [5, 5.41) is 0.808. The third kappa shape index (κ3) is 3.05. The first kappa shape index (κ1) is 13.9. The zero-order chi connectivity index (χ0) is 13.1. The van der Waals surface area contributed by atoms with Crippen LogP contribution >= 0.6 is 11.6 Å². The molecule has 1 aliphatic heterocycles. The molecule has 100 valence electrons. The molecule has 2 N–H and O–H groups in total. The molecule has 18 heavy (non-hydrogen) atoms. The Kier molecular flexibility index (Phi) is 4.66. The molecule has 3 heteroatoms. The van der Waals surface area contributed by atoms with Crippen LogP contribution in [0.5, 0.6) is 0 Å². The fourth-order valence-electron chi connectivity index (χ4n) is 3.04. The molecule has 2 rings (SSSR count). The van der Waals surface area contributed by atoms with Crippen LogP contribution in [0, 0.1) is 0 Å². The Morgan fingerprint density at radius 1 is 1.39 bits per heavy atom. The van der Waals surface area contributed by atoms with Crippen molar-refractivity contribution in [2.24, 2.45) is 5.73 Å². The number of piperidine rings is 1. The molecule has 1 saturated heterocycles. The van der Waals surface area contributed by atoms with E-state index in [-0.39, 0.29) is 0 Å². The summed E-state index contributed by atoms with van der Waals surface area (Å²) in [7, 11) is 0. The molecule has 0 aliphatic carbocycles. The lowest BCUT2D eigenvalue weighted by atomic mass is 9.93. The van der Waals surface area contributed by atoms with Gasteiger partial charge in [0.1, 0.15) is 0 Å². The largest absolute Gasteiger partial charge is 0.328 e. The number of benzene rings is 1. The summed E-state index contributed by atoms with van der Waals surface area (Å²) in [6.45, 7) is 5.64. The van der Waals surface area contributed by atoms with Crippen LogP contribution in [0.3, 0.4) is 0 Å². The van der Waals surface area contributed by atoms with Gasteiger partial charge in [-0.3, -0.25) is 4.90 Å². The SMILES string of the molecule is CCC(c1ccc(Cl)cc1)N1CCC(N)CC1C. The zero-order valence-electron chi connectivity index (χ0n) is 11.3. The number of nitrogens with two attached hydrogens (primary N) is 1. The molecule has 1 heterocycles. The fraction of sp³-hybridized carbons (Fsp3) is 0.600. The average molecular weight is 267 g/mol. The third-order valence-electron chi connectivity index (χ3n) is 4.01. The molecule has 3 atom stereocenters. The summed E-state index contributed by atoms with van der Waals surface area (Å²) in [5.41, 5.74) is 7.41. The number of halogens is 1. The van der Waals surface area contributed by atoms with Crippen molar-refractivity contribution >= 4 is 11.6 Å². The maximum absolute atomic E-state index is 6.04. The molecule has 1 fully saturated rings. The van der Waals surface area contributed by atoms with Crippen molar-refractivity contribution in [3.8, 4) is 0 Å². The fourth-order valence-corrected chi connectivity index (χ4v) is 3.16. The van der Waals surface area contributed by atoms with Gasteiger partial charge in [-0.1, -0.05) is 30.7 Å². The van der Waals surface area contributed by atoms with Crippen LogP contribution in [-0.2, 0) is 0 Å². The van der Waals surface area contributed by atoms with E-state index in [0.717, 1.165) is 30.8 Å². The summed E-state index contributed by atoms with van der Waals surface area (Å²) < 4.78 is 0. The van der Waals surface area contributed by atoms with E-state index in [1.807, 2.05) is 12.1 Å². The van der Waals surface area contributed by atoms with Crippen LogP contribution in [0.4, 0.5) is 0 Å². The molecule has 0 bridgehead atoms. The quantitative estimate of drug-likeness (QED) is 0.906. The molecule has 2 nitrogen and oxygen atoms in total. The first-order valence-electron chi connectivity index (χ1n) is 6.88. The van der Waals surface area contributed by atoms with E-state index in [0.29, 0.717) is 18.1 Å². The Bertz CT molecular complexity index is 377. The highest BCUT2D eigenvalue weighted by Crippen LogP contribution is 2.31. The van der Waals surface area contributed by atoms with Crippen molar-refractivity contribution in [2.75, 3.05) is 6.54 Å². The second-order valence-corrected chi connectivity index (χ2v) is 5.78. The molecule has 0 spiro atoms. The molecule has 3 unspecified atom stereocenters. The minimum absolute atomic E-state index is 0.374. The van der Waals surface area contributed by atoms with Crippen LogP contribution in [0.25, 0.3) is 0 Å². The van der Waals surface area contributed by atoms with E-state index in [1.54, 1.807) is 0 Å². The molecule has 0 aromatic heterocycles. The van der Waals surface area contributed by atoms with Gasteiger partial charge in [0.15, 0.2) is 0 Å². The van der Waals surface area contributed by atoms with Crippen LogP contribution in [0.1, 0.15) is 44.7 Å². The van der Waals surface area contributed by atoms with Crippen molar-refractivity contribution in [1.82, 2.24) is 4.90 Å². The summed E-state index contributed by atoms with van der Waals surface area (Å²) >= 11 is 5.96. The minimum Gasteiger partial charge on any atom is -0.328 e. The number of hydrogen-bond donors (Lipinski definition) is 1. The Morgan fingerprint density at radius 3 is 2.61 bits per heavy atom. The minimum atomic E-state index is 0.374. The number of hydrogen-bond acceptors (Lipinski definition) is 2. The highest BCUT2D eigenvalue weighted by Gasteiger charge is 2.28. The molecule has 1 aromatic carbocycles. The van der Waals surface area contributed by atoms with Gasteiger partial charge in [-0.25, -0.2) is 0 Å². The van der Waals surface area contributed by atoms with Crippen molar-refractivity contribution in [3.63, 3.8) is 0 Å². The van der Waals surface area contributed by atoms with E-state index in [4.69, 9.17) is 17.3 Å². The Hall–Kier alpha value is -0.570. The van der Waals surface area contributed by atoms with Crippen molar-refractivity contribution in [2.45, 2.75) is 51.2 Å². The van der Waals surface area contributed by atoms with E-state index in [9.17, 15) is 0 Å². The number of nitrogens with zero attached hydrogens (tertiary/aromatic N) is 1. The third-order valence-corrected chi connectivity index (χ3v) is 4.26. The van der Waals surface area contributed by atoms with Gasteiger partial charge in [-0.15, -0.1) is 0 Å². The van der Waals surface area contributed by atoms with E-state index < -0.39 is 0 Å². The zero-order valence-corrected chi connectivity index (χ0v) is 12.0. The summed E-state index contributed by atoms with van der Waals surface area (Å²) in [5.74, 6) is 0. The van der Waals surface area contributed by atoms with Crippen LogP contribution in [0.2, 0.25) is 5.02 Å². The average Bonchev–Trinajstić information content (AvgIpc) is 2.35. The monoisotopic (exact) mass is 266 g/mol. The molecular weight excluding hydrogens is 244 g/mol. The van der Waals surface area contributed by atoms with E-state index in [1.165, 1.54) is 5.56 Å². The standard InChI is InChI=1S/C15H23ClN2/c1-3-15(12-4-6-13(16)7-5-12)18-9-8-14(17)10-11(18)2/h4-7,11,14-15H,3,8-10,17H2,1-2H3. The summed E-state index contributed by atoms with van der Waals surface area (Å²) in [6.07, 6.45) is 3.33. The Balaban J connectivity index is 2.15. The van der Waals surface area contributed by atoms with Gasteiger partial charge < -0.3 is 5.73 Å². The van der Waals surface area contributed by atoms with Gasteiger partial charge in [0, 0.05) is 29.7 Å². The molecule has 1 aliphatic rings. The van der Waals surface area contributed by atoms with Crippen molar-refractivity contribution in [1.29, 1.82) is 0 Å². The van der Waals surface area contributed by atoms with Crippen LogP contribution < -0.4 is 5.73 Å². The Morgan fingerprint density at radius 2 is 2.06 bits per heavy atom. The highest BCUT2D eigenvalue weighted by atomic mass is 35.5.